The van der Waals surface area contributed by atoms with Gasteiger partial charge >= 0.3 is 0 Å². The topological polar surface area (TPSA) is 89.3 Å². The van der Waals surface area contributed by atoms with Crippen molar-refractivity contribution in [1.29, 1.82) is 0 Å². The van der Waals surface area contributed by atoms with Crippen LogP contribution in [-0.4, -0.2) is 20.9 Å². The Hall–Kier alpha value is -3.00. The second-order valence-electron chi connectivity index (χ2n) is 7.89. The Kier molecular flexibility index (Phi) is 6.62. The minimum atomic E-state index is -1.38. The number of nitro groups is 1. The Morgan fingerprint density at radius 2 is 1.68 bits per heavy atom. The van der Waals surface area contributed by atoms with E-state index in [-0.39, 0.29) is 28.5 Å². The van der Waals surface area contributed by atoms with Crippen LogP contribution < -0.4 is 5.32 Å². The molecule has 2 atom stereocenters. The Balaban J connectivity index is 1.48. The quantitative estimate of drug-likeness (QED) is 0.170. The van der Waals surface area contributed by atoms with Crippen LogP contribution in [0.5, 0.6) is 0 Å². The number of ketones is 1. The zero-order valence-corrected chi connectivity index (χ0v) is 19.6. The van der Waals surface area contributed by atoms with Gasteiger partial charge in [-0.3, -0.25) is 19.7 Å². The van der Waals surface area contributed by atoms with Gasteiger partial charge in [-0.05, 0) is 41.5 Å². The van der Waals surface area contributed by atoms with Gasteiger partial charge in [-0.2, -0.15) is 0 Å². The summed E-state index contributed by atoms with van der Waals surface area (Å²) in [6.07, 6.45) is 0.00864. The Morgan fingerprint density at radius 1 is 1.03 bits per heavy atom. The van der Waals surface area contributed by atoms with Gasteiger partial charge in [0.15, 0.2) is 5.78 Å². The maximum atomic E-state index is 13.1. The van der Waals surface area contributed by atoms with Crippen molar-refractivity contribution in [2.45, 2.75) is 16.7 Å². The first-order chi connectivity index (χ1) is 16.1. The Bertz CT molecular complexity index is 1280. The molecule has 0 saturated heterocycles. The molecule has 0 spiro atoms. The van der Waals surface area contributed by atoms with E-state index in [4.69, 9.17) is 34.8 Å². The normalized spacial score (nSPS) is 18.2. The first kappa shape index (κ1) is 24.1. The monoisotopic (exact) mass is 520 g/mol. The molecule has 1 saturated carbocycles. The third-order valence-corrected chi connectivity index (χ3v) is 6.88. The fourth-order valence-electron chi connectivity index (χ4n) is 3.79. The van der Waals surface area contributed by atoms with E-state index in [2.05, 4.69) is 5.32 Å². The van der Waals surface area contributed by atoms with Gasteiger partial charge in [0.1, 0.15) is 10.2 Å². The highest BCUT2D eigenvalue weighted by molar-refractivity contribution is 6.53. The average molecular weight is 522 g/mol. The molecular weight excluding hydrogens is 506 g/mol. The molecule has 1 N–H and O–H groups in total. The molecular formula is C24H16Cl3FN2O4. The van der Waals surface area contributed by atoms with Crippen LogP contribution in [0.2, 0.25) is 5.02 Å². The number of anilines is 1. The SMILES string of the molecule is O=C(Cc1ccc(F)cc1)c1cc(NC(=O)C2C(c3ccc([N+](=O)[O-])cc3)C2(Cl)Cl)ccc1Cl. The van der Waals surface area contributed by atoms with Crippen LogP contribution in [0.1, 0.15) is 27.4 Å². The molecule has 6 nitrogen and oxygen atoms in total. The molecule has 10 heteroatoms. The minimum Gasteiger partial charge on any atom is -0.326 e. The third-order valence-electron chi connectivity index (χ3n) is 5.61. The van der Waals surface area contributed by atoms with Gasteiger partial charge in [-0.1, -0.05) is 35.9 Å². The summed E-state index contributed by atoms with van der Waals surface area (Å²) in [6, 6.07) is 15.7. The molecule has 0 aliphatic heterocycles. The highest BCUT2D eigenvalue weighted by Gasteiger charge is 2.67. The summed E-state index contributed by atoms with van der Waals surface area (Å²) in [6.45, 7) is 0. The minimum absolute atomic E-state index is 0.00864. The highest BCUT2D eigenvalue weighted by Crippen LogP contribution is 2.65. The molecule has 3 aromatic carbocycles. The van der Waals surface area contributed by atoms with Gasteiger partial charge in [0.2, 0.25) is 5.91 Å². The number of nitrogens with one attached hydrogen (secondary N) is 1. The molecule has 0 bridgehead atoms. The number of rotatable bonds is 7. The number of hydrogen-bond acceptors (Lipinski definition) is 4. The van der Waals surface area contributed by atoms with E-state index < -0.39 is 32.8 Å². The predicted octanol–water partition coefficient (Wildman–Crippen LogP) is 6.34. The van der Waals surface area contributed by atoms with E-state index >= 15 is 0 Å². The Labute approximate surface area is 208 Å². The Morgan fingerprint density at radius 3 is 2.29 bits per heavy atom. The summed E-state index contributed by atoms with van der Waals surface area (Å²) in [7, 11) is 0. The fraction of sp³-hybridized carbons (Fsp3) is 0.167. The summed E-state index contributed by atoms with van der Waals surface area (Å²) in [5, 5.41) is 13.8. The van der Waals surface area contributed by atoms with E-state index in [9.17, 15) is 24.1 Å². The molecule has 1 aliphatic rings. The molecule has 174 valence electrons. The number of halogens is 4. The summed E-state index contributed by atoms with van der Waals surface area (Å²) in [4.78, 5) is 36.0. The number of carbonyl (C=O) groups excluding carboxylic acids is 2. The van der Waals surface area contributed by atoms with Crippen LogP contribution >= 0.6 is 34.8 Å². The van der Waals surface area contributed by atoms with Gasteiger partial charge in [0.25, 0.3) is 5.69 Å². The number of benzene rings is 3. The number of non-ortho nitro benzene ring substituents is 1. The van der Waals surface area contributed by atoms with Crippen molar-refractivity contribution >= 4 is 57.9 Å². The molecule has 2 unspecified atom stereocenters. The largest absolute Gasteiger partial charge is 0.326 e. The number of hydrogen-bond donors (Lipinski definition) is 1. The van der Waals surface area contributed by atoms with Crippen molar-refractivity contribution < 1.29 is 18.9 Å². The number of nitrogens with zero attached hydrogens (tertiary/aromatic N) is 1. The molecule has 34 heavy (non-hydrogen) atoms. The van der Waals surface area contributed by atoms with Crippen molar-refractivity contribution in [2.75, 3.05) is 5.32 Å². The summed E-state index contributed by atoms with van der Waals surface area (Å²) in [5.74, 6) is -2.52. The molecule has 0 radical (unpaired) electrons. The van der Waals surface area contributed by atoms with Crippen molar-refractivity contribution in [3.8, 4) is 0 Å². The van der Waals surface area contributed by atoms with Crippen LogP contribution in [0.3, 0.4) is 0 Å². The lowest BCUT2D eigenvalue weighted by Crippen LogP contribution is -2.17. The van der Waals surface area contributed by atoms with Crippen molar-refractivity contribution in [1.82, 2.24) is 0 Å². The molecule has 4 rings (SSSR count). The van der Waals surface area contributed by atoms with E-state index in [1.807, 2.05) is 0 Å². The third kappa shape index (κ3) is 4.92. The van der Waals surface area contributed by atoms with Crippen molar-refractivity contribution in [3.05, 3.63) is 104 Å². The molecule has 1 amide bonds. The van der Waals surface area contributed by atoms with Crippen LogP contribution in [0, 0.1) is 21.8 Å². The first-order valence-electron chi connectivity index (χ1n) is 10.1. The maximum Gasteiger partial charge on any atom is 0.269 e. The van der Waals surface area contributed by atoms with E-state index in [0.29, 0.717) is 16.8 Å². The lowest BCUT2D eigenvalue weighted by molar-refractivity contribution is -0.384. The van der Waals surface area contributed by atoms with E-state index in [1.165, 1.54) is 60.7 Å². The van der Waals surface area contributed by atoms with Gasteiger partial charge in [0.05, 0.1) is 15.9 Å². The molecule has 1 fully saturated rings. The first-order valence-corrected chi connectivity index (χ1v) is 11.2. The summed E-state index contributed by atoms with van der Waals surface area (Å²) >= 11 is 18.9. The fourth-order valence-corrected chi connectivity index (χ4v) is 4.84. The maximum absolute atomic E-state index is 13.1. The van der Waals surface area contributed by atoms with Crippen molar-refractivity contribution in [2.24, 2.45) is 5.92 Å². The number of alkyl halides is 2. The van der Waals surface area contributed by atoms with E-state index in [1.54, 1.807) is 6.07 Å². The predicted molar refractivity (Wildman–Crippen MR) is 128 cm³/mol. The standard InChI is InChI=1S/C24H16Cl3FN2O4/c25-19-10-7-16(12-18(19)20(31)11-13-1-5-15(28)6-2-13)29-23(32)22-21(24(22,26)27)14-3-8-17(9-4-14)30(33)34/h1-10,12,21-22H,11H2,(H,29,32). The smallest absolute Gasteiger partial charge is 0.269 e. The lowest BCUT2D eigenvalue weighted by atomic mass is 10.0. The summed E-state index contributed by atoms with van der Waals surface area (Å²) in [5.41, 5.74) is 1.67. The molecule has 0 heterocycles. The number of Topliss-reactive ketones (excluding diaryl/α,β-unsaturated/α-hetero) is 1. The second kappa shape index (κ2) is 9.33. The molecule has 0 aromatic heterocycles. The highest BCUT2D eigenvalue weighted by atomic mass is 35.5. The lowest BCUT2D eigenvalue weighted by Gasteiger charge is -2.09. The number of carbonyl (C=O) groups is 2. The number of amides is 1. The zero-order chi connectivity index (χ0) is 24.6. The average Bonchev–Trinajstić information content (AvgIpc) is 3.38. The van der Waals surface area contributed by atoms with Gasteiger partial charge < -0.3 is 5.32 Å². The number of nitro benzene ring substituents is 1. The van der Waals surface area contributed by atoms with Crippen LogP contribution in [0.15, 0.2) is 66.7 Å². The van der Waals surface area contributed by atoms with Crippen molar-refractivity contribution in [3.63, 3.8) is 0 Å². The van der Waals surface area contributed by atoms with Gasteiger partial charge in [-0.15, -0.1) is 23.2 Å². The summed E-state index contributed by atoms with van der Waals surface area (Å²) < 4.78 is 11.7. The van der Waals surface area contributed by atoms with E-state index in [0.717, 1.165) is 0 Å². The zero-order valence-electron chi connectivity index (χ0n) is 17.3. The van der Waals surface area contributed by atoms with Crippen LogP contribution in [0.25, 0.3) is 0 Å². The van der Waals surface area contributed by atoms with Gasteiger partial charge in [0, 0.05) is 35.7 Å². The molecule has 1 aliphatic carbocycles. The second-order valence-corrected chi connectivity index (χ2v) is 9.74. The molecule has 3 aromatic rings. The van der Waals surface area contributed by atoms with Gasteiger partial charge in [-0.25, -0.2) is 4.39 Å². The van der Waals surface area contributed by atoms with Crippen LogP contribution in [-0.2, 0) is 11.2 Å². The van der Waals surface area contributed by atoms with Crippen LogP contribution in [0.4, 0.5) is 15.8 Å².